The lowest BCUT2D eigenvalue weighted by Gasteiger charge is -2.22. The van der Waals surface area contributed by atoms with E-state index in [9.17, 15) is 8.42 Å². The summed E-state index contributed by atoms with van der Waals surface area (Å²) in [6.45, 7) is 2.68. The fourth-order valence-corrected chi connectivity index (χ4v) is 7.06. The Morgan fingerprint density at radius 2 is 1.95 bits per heavy atom. The van der Waals surface area contributed by atoms with Crippen LogP contribution in [0.2, 0.25) is 5.02 Å². The van der Waals surface area contributed by atoms with Crippen LogP contribution in [0.1, 0.15) is 17.5 Å². The molecule has 0 saturated carbocycles. The standard InChI is InChI=1S/C29H29ClN5O4S2/c1-38-24-9-8-23(28(14-24)39-2)19-35(29-32-20-33-40-29)41(36,37)25-10-11-27(26(30)15-25)31-16-22-12-13-34(18-22)17-21-6-4-3-5-7-21/h3-11,14-15,20,22H,12-13,17-19H2,1-2H3/q+1. The first-order valence-electron chi connectivity index (χ1n) is 12.9. The molecule has 0 aliphatic carbocycles. The number of sulfonamides is 1. The molecule has 1 saturated heterocycles. The normalized spacial score (nSPS) is 15.2. The lowest BCUT2D eigenvalue weighted by atomic mass is 10.1. The average molecular weight is 611 g/mol. The van der Waals surface area contributed by atoms with Crippen LogP contribution in [0.5, 0.6) is 11.5 Å². The minimum absolute atomic E-state index is 0.0130. The van der Waals surface area contributed by atoms with Gasteiger partial charge in [0.25, 0.3) is 16.1 Å². The zero-order chi connectivity index (χ0) is 28.8. The monoisotopic (exact) mass is 610 g/mol. The summed E-state index contributed by atoms with van der Waals surface area (Å²) in [4.78, 5) is 11.0. The molecule has 1 atom stereocenters. The van der Waals surface area contributed by atoms with Crippen molar-refractivity contribution in [2.75, 3.05) is 31.6 Å². The van der Waals surface area contributed by atoms with Crippen molar-refractivity contribution in [1.29, 1.82) is 0 Å². The van der Waals surface area contributed by atoms with Crippen LogP contribution in [0, 0.1) is 12.0 Å². The number of nitrogens with zero attached hydrogens (tertiary/aromatic N) is 5. The summed E-state index contributed by atoms with van der Waals surface area (Å²) in [5.74, 6) is 1.25. The fourth-order valence-electron chi connectivity index (χ4n) is 4.62. The number of hydrogen-bond acceptors (Lipinski definition) is 8. The van der Waals surface area contributed by atoms with Crippen molar-refractivity contribution >= 4 is 44.0 Å². The second-order valence-electron chi connectivity index (χ2n) is 9.47. The van der Waals surface area contributed by atoms with Gasteiger partial charge in [-0.15, -0.1) is 0 Å². The largest absolute Gasteiger partial charge is 0.497 e. The molecule has 4 aromatic rings. The Morgan fingerprint density at radius 3 is 2.66 bits per heavy atom. The Morgan fingerprint density at radius 1 is 1.12 bits per heavy atom. The molecule has 1 unspecified atom stereocenters. The van der Waals surface area contributed by atoms with Gasteiger partial charge in [0, 0.05) is 42.3 Å². The topological polar surface area (TPSA) is 89.2 Å². The number of rotatable bonds is 9. The fraction of sp³-hybridized carbons (Fsp3) is 0.276. The third-order valence-electron chi connectivity index (χ3n) is 6.77. The predicted molar refractivity (Wildman–Crippen MR) is 161 cm³/mol. The summed E-state index contributed by atoms with van der Waals surface area (Å²) in [6.07, 6.45) is 2.27. The summed E-state index contributed by atoms with van der Waals surface area (Å²) < 4.78 is 43.7. The van der Waals surface area contributed by atoms with Gasteiger partial charge in [-0.3, -0.25) is 4.90 Å². The number of aromatic nitrogens is 2. The highest BCUT2D eigenvalue weighted by Gasteiger charge is 2.30. The zero-order valence-electron chi connectivity index (χ0n) is 22.6. The van der Waals surface area contributed by atoms with Gasteiger partial charge >= 0.3 is 5.69 Å². The maximum atomic E-state index is 13.9. The third kappa shape index (κ3) is 6.80. The summed E-state index contributed by atoms with van der Waals surface area (Å²) in [5, 5.41) is 0.438. The van der Waals surface area contributed by atoms with Crippen molar-refractivity contribution in [3.8, 4) is 17.6 Å². The van der Waals surface area contributed by atoms with E-state index in [0.717, 1.165) is 37.6 Å². The van der Waals surface area contributed by atoms with Gasteiger partial charge < -0.3 is 9.47 Å². The quantitative estimate of drug-likeness (QED) is 0.226. The molecule has 0 spiro atoms. The Bertz CT molecular complexity index is 1660. The van der Waals surface area contributed by atoms with Gasteiger partial charge in [-0.1, -0.05) is 41.9 Å². The van der Waals surface area contributed by atoms with E-state index in [4.69, 9.17) is 21.1 Å². The molecule has 212 valence electrons. The van der Waals surface area contributed by atoms with E-state index in [0.29, 0.717) is 22.7 Å². The summed E-state index contributed by atoms with van der Waals surface area (Å²) in [7, 11) is -0.999. The van der Waals surface area contributed by atoms with Gasteiger partial charge in [-0.2, -0.15) is 4.37 Å². The Labute approximate surface area is 249 Å². The summed E-state index contributed by atoms with van der Waals surface area (Å²) >= 11 is 7.52. The van der Waals surface area contributed by atoms with Gasteiger partial charge in [0.05, 0.1) is 25.7 Å². The first kappa shape index (κ1) is 28.8. The highest BCUT2D eigenvalue weighted by Crippen LogP contribution is 2.34. The van der Waals surface area contributed by atoms with Crippen molar-refractivity contribution < 1.29 is 17.9 Å². The van der Waals surface area contributed by atoms with Crippen molar-refractivity contribution in [1.82, 2.24) is 14.3 Å². The predicted octanol–water partition coefficient (Wildman–Crippen LogP) is 6.09. The molecular weight excluding hydrogens is 582 g/mol. The molecule has 1 fully saturated rings. The number of ether oxygens (including phenoxy) is 2. The van der Waals surface area contributed by atoms with Crippen LogP contribution in [0.25, 0.3) is 4.85 Å². The lowest BCUT2D eigenvalue weighted by molar-refractivity contribution is 0.325. The van der Waals surface area contributed by atoms with Gasteiger partial charge in [-0.25, -0.2) is 17.7 Å². The maximum absolute atomic E-state index is 13.9. The first-order chi connectivity index (χ1) is 19.9. The highest BCUT2D eigenvalue weighted by atomic mass is 35.5. The molecule has 41 heavy (non-hydrogen) atoms. The molecule has 2 heterocycles. The molecule has 1 aromatic heterocycles. The number of methoxy groups -OCH3 is 2. The van der Waals surface area contributed by atoms with Gasteiger partial charge in [0.1, 0.15) is 28.8 Å². The van der Waals surface area contributed by atoms with Crippen LogP contribution < -0.4 is 13.8 Å². The minimum atomic E-state index is -4.07. The van der Waals surface area contributed by atoms with Crippen molar-refractivity contribution in [2.45, 2.75) is 24.4 Å². The maximum Gasteiger partial charge on any atom is 0.358 e. The number of halogens is 1. The van der Waals surface area contributed by atoms with Crippen molar-refractivity contribution in [3.05, 3.63) is 94.1 Å². The molecule has 0 radical (unpaired) electrons. The molecule has 1 aliphatic rings. The average Bonchev–Trinajstić information content (AvgIpc) is 3.68. The lowest BCUT2D eigenvalue weighted by Crippen LogP contribution is -2.30. The molecule has 0 bridgehead atoms. The smallest absolute Gasteiger partial charge is 0.358 e. The molecule has 9 nitrogen and oxygen atoms in total. The molecule has 3 aromatic carbocycles. The van der Waals surface area contributed by atoms with E-state index >= 15 is 0 Å². The Kier molecular flexibility index (Phi) is 9.05. The minimum Gasteiger partial charge on any atom is -0.497 e. The van der Waals surface area contributed by atoms with E-state index in [-0.39, 0.29) is 27.5 Å². The first-order valence-corrected chi connectivity index (χ1v) is 15.5. The van der Waals surface area contributed by atoms with Crippen molar-refractivity contribution in [3.63, 3.8) is 0 Å². The highest BCUT2D eigenvalue weighted by molar-refractivity contribution is 7.93. The van der Waals surface area contributed by atoms with E-state index in [2.05, 4.69) is 37.3 Å². The van der Waals surface area contributed by atoms with Gasteiger partial charge in [-0.05, 0) is 47.6 Å². The van der Waals surface area contributed by atoms with Crippen LogP contribution in [0.3, 0.4) is 0 Å². The molecule has 1 aliphatic heterocycles. The SMILES string of the molecule is COc1ccc(CN(c2ncns2)S(=O)(=O)c2ccc([N+]#CC3CCN(Cc4ccccc4)C3)c(Cl)c2)c(OC)c1. The molecule has 5 rings (SSSR count). The zero-order valence-corrected chi connectivity index (χ0v) is 25.0. The summed E-state index contributed by atoms with van der Waals surface area (Å²) in [6, 6.07) is 23.3. The van der Waals surface area contributed by atoms with E-state index in [1.54, 1.807) is 31.4 Å². The Balaban J connectivity index is 1.34. The molecule has 12 heteroatoms. The molecule has 0 amide bonds. The summed E-state index contributed by atoms with van der Waals surface area (Å²) in [5.41, 5.74) is 2.37. The van der Waals surface area contributed by atoms with E-state index < -0.39 is 10.0 Å². The van der Waals surface area contributed by atoms with E-state index in [1.165, 1.54) is 35.4 Å². The van der Waals surface area contributed by atoms with Crippen LogP contribution >= 0.6 is 23.1 Å². The number of anilines is 1. The van der Waals surface area contributed by atoms with Gasteiger partial charge in [0.2, 0.25) is 5.13 Å². The van der Waals surface area contributed by atoms with E-state index in [1.807, 2.05) is 18.2 Å². The van der Waals surface area contributed by atoms with Gasteiger partial charge in [0.15, 0.2) is 0 Å². The second-order valence-corrected chi connectivity index (χ2v) is 12.5. The number of likely N-dealkylation sites (tertiary alicyclic amines) is 1. The number of benzene rings is 3. The number of hydrogen-bond donors (Lipinski definition) is 0. The Hall–Kier alpha value is -3.69. The van der Waals surface area contributed by atoms with Crippen molar-refractivity contribution in [2.24, 2.45) is 5.92 Å². The molecule has 0 N–H and O–H groups in total. The third-order valence-corrected chi connectivity index (χ3v) is 9.61. The van der Waals surface area contributed by atoms with Crippen LogP contribution in [-0.4, -0.2) is 50.0 Å². The van der Waals surface area contributed by atoms with Crippen LogP contribution in [0.15, 0.2) is 78.0 Å². The van der Waals surface area contributed by atoms with Crippen LogP contribution in [0.4, 0.5) is 10.8 Å². The molecular formula is C29H29ClN5O4S2+. The van der Waals surface area contributed by atoms with Crippen LogP contribution in [-0.2, 0) is 23.1 Å². The second kappa shape index (κ2) is 12.9.